The number of halogens is 6. The number of nitrogens with one attached hydrogen (secondary N) is 2. The molecule has 16 heteroatoms. The summed E-state index contributed by atoms with van der Waals surface area (Å²) in [6.45, 7) is 1.52. The van der Waals surface area contributed by atoms with Crippen LogP contribution < -0.4 is 20.3 Å². The van der Waals surface area contributed by atoms with Gasteiger partial charge in [0.1, 0.15) is 18.0 Å². The third-order valence-corrected chi connectivity index (χ3v) is 6.35. The van der Waals surface area contributed by atoms with Crippen molar-refractivity contribution in [2.75, 3.05) is 56.4 Å². The number of likely N-dealkylation sites (N-methyl/N-ethyl adjacent to an activating group) is 2. The molecule has 2 aromatic carbocycles. The smallest absolute Gasteiger partial charge is 0.422 e. The van der Waals surface area contributed by atoms with Gasteiger partial charge < -0.3 is 29.7 Å². The minimum Gasteiger partial charge on any atom is -0.482 e. The SMILES string of the molecule is C=CC(=O)Nc1cc(Nc2nccc(-c3nc4ccccc4n3CC(F)(F)F)n2)c(OCC(F)(F)F)cc1N(C)CCN(C)C. The van der Waals surface area contributed by atoms with Crippen LogP contribution in [-0.2, 0) is 11.3 Å². The zero-order chi connectivity index (χ0) is 32.9. The zero-order valence-electron chi connectivity index (χ0n) is 24.5. The maximum Gasteiger partial charge on any atom is 0.422 e. The summed E-state index contributed by atoms with van der Waals surface area (Å²) in [5, 5.41) is 5.44. The molecule has 4 aromatic rings. The van der Waals surface area contributed by atoms with Crippen LogP contribution in [0.25, 0.3) is 22.6 Å². The van der Waals surface area contributed by atoms with Crippen molar-refractivity contribution in [1.29, 1.82) is 0 Å². The summed E-state index contributed by atoms with van der Waals surface area (Å²) in [7, 11) is 5.40. The normalized spacial score (nSPS) is 12.0. The van der Waals surface area contributed by atoms with E-state index in [1.165, 1.54) is 30.5 Å². The number of amides is 1. The molecular formula is C29H30F6N8O2. The van der Waals surface area contributed by atoms with Crippen molar-refractivity contribution in [3.05, 3.63) is 61.3 Å². The van der Waals surface area contributed by atoms with Gasteiger partial charge in [-0.15, -0.1) is 0 Å². The van der Waals surface area contributed by atoms with Crippen LogP contribution in [0.3, 0.4) is 0 Å². The van der Waals surface area contributed by atoms with Gasteiger partial charge in [-0.05, 0) is 44.4 Å². The van der Waals surface area contributed by atoms with Crippen LogP contribution in [0.15, 0.2) is 61.3 Å². The van der Waals surface area contributed by atoms with Crippen molar-refractivity contribution < 1.29 is 35.9 Å². The van der Waals surface area contributed by atoms with Crippen LogP contribution in [-0.4, -0.2) is 83.5 Å². The number of benzene rings is 2. The van der Waals surface area contributed by atoms with E-state index in [4.69, 9.17) is 4.74 Å². The maximum atomic E-state index is 13.5. The highest BCUT2D eigenvalue weighted by molar-refractivity contribution is 6.02. The Balaban J connectivity index is 1.79. The molecule has 2 N–H and O–H groups in total. The second-order valence-corrected chi connectivity index (χ2v) is 10.2. The zero-order valence-corrected chi connectivity index (χ0v) is 24.5. The molecule has 0 bridgehead atoms. The van der Waals surface area contributed by atoms with Crippen LogP contribution in [0.5, 0.6) is 5.75 Å². The number of carbonyl (C=O) groups excluding carboxylic acids is 1. The standard InChI is InChI=1S/C29H30F6N8O2/c1-5-25(44)37-20-14-21(24(45-17-29(33,34)35)15-23(20)42(4)13-12-41(2)3)40-27-36-11-10-19(39-27)26-38-18-8-6-7-9-22(18)43(26)16-28(30,31)32/h5-11,14-15H,1,12-13,16-17H2,2-4H3,(H,37,44)(H,36,39,40). The van der Waals surface area contributed by atoms with E-state index in [0.717, 1.165) is 10.6 Å². The van der Waals surface area contributed by atoms with Gasteiger partial charge in [-0.1, -0.05) is 18.7 Å². The number of imidazole rings is 1. The van der Waals surface area contributed by atoms with Gasteiger partial charge in [0.15, 0.2) is 12.4 Å². The Morgan fingerprint density at radius 1 is 1.00 bits per heavy atom. The highest BCUT2D eigenvalue weighted by Crippen LogP contribution is 2.39. The number of para-hydroxylation sites is 2. The van der Waals surface area contributed by atoms with Gasteiger partial charge in [-0.3, -0.25) is 4.79 Å². The number of fused-ring (bicyclic) bond motifs is 1. The van der Waals surface area contributed by atoms with Crippen molar-refractivity contribution in [3.8, 4) is 17.3 Å². The van der Waals surface area contributed by atoms with Crippen molar-refractivity contribution >= 4 is 40.0 Å². The first-order valence-electron chi connectivity index (χ1n) is 13.4. The lowest BCUT2D eigenvalue weighted by atomic mass is 10.2. The van der Waals surface area contributed by atoms with Crippen LogP contribution >= 0.6 is 0 Å². The largest absolute Gasteiger partial charge is 0.482 e. The van der Waals surface area contributed by atoms with E-state index in [-0.39, 0.29) is 40.1 Å². The first-order valence-corrected chi connectivity index (χ1v) is 13.4. The number of ether oxygens (including phenoxy) is 1. The van der Waals surface area contributed by atoms with Gasteiger partial charge in [0.25, 0.3) is 0 Å². The summed E-state index contributed by atoms with van der Waals surface area (Å²) in [6.07, 6.45) is -6.94. The number of carbonyl (C=O) groups is 1. The molecule has 0 fully saturated rings. The summed E-state index contributed by atoms with van der Waals surface area (Å²) < 4.78 is 86.3. The molecule has 240 valence electrons. The van der Waals surface area contributed by atoms with E-state index in [2.05, 4.69) is 32.2 Å². The Kier molecular flexibility index (Phi) is 9.85. The molecule has 4 rings (SSSR count). The maximum absolute atomic E-state index is 13.5. The Hall–Kier alpha value is -4.86. The predicted molar refractivity (Wildman–Crippen MR) is 159 cm³/mol. The van der Waals surface area contributed by atoms with Crippen molar-refractivity contribution in [2.24, 2.45) is 0 Å². The lowest BCUT2D eigenvalue weighted by Crippen LogP contribution is -2.29. The van der Waals surface area contributed by atoms with Crippen molar-refractivity contribution in [3.63, 3.8) is 0 Å². The van der Waals surface area contributed by atoms with Gasteiger partial charge in [0.05, 0.1) is 28.1 Å². The van der Waals surface area contributed by atoms with Gasteiger partial charge >= 0.3 is 12.4 Å². The number of hydrogen-bond acceptors (Lipinski definition) is 8. The predicted octanol–water partition coefficient (Wildman–Crippen LogP) is 5.86. The average Bonchev–Trinajstić information content (AvgIpc) is 3.32. The van der Waals surface area contributed by atoms with Crippen LogP contribution in [0.1, 0.15) is 0 Å². The fraction of sp³-hybridized carbons (Fsp3) is 0.310. The molecule has 0 aliphatic carbocycles. The molecular weight excluding hydrogens is 606 g/mol. The molecule has 0 aliphatic heterocycles. The lowest BCUT2D eigenvalue weighted by molar-refractivity contribution is -0.153. The Bertz CT molecular complexity index is 1670. The summed E-state index contributed by atoms with van der Waals surface area (Å²) in [6, 6.07) is 10.3. The summed E-state index contributed by atoms with van der Waals surface area (Å²) in [4.78, 5) is 28.7. The highest BCUT2D eigenvalue weighted by Gasteiger charge is 2.31. The second kappa shape index (κ2) is 13.4. The van der Waals surface area contributed by atoms with Gasteiger partial charge in [0.2, 0.25) is 11.9 Å². The number of rotatable bonds is 12. The monoisotopic (exact) mass is 636 g/mol. The molecule has 0 saturated carbocycles. The number of nitrogens with zero attached hydrogens (tertiary/aromatic N) is 6. The van der Waals surface area contributed by atoms with E-state index < -0.39 is 31.4 Å². The molecule has 0 spiro atoms. The van der Waals surface area contributed by atoms with E-state index in [9.17, 15) is 31.1 Å². The van der Waals surface area contributed by atoms with E-state index in [1.54, 1.807) is 30.1 Å². The number of hydrogen-bond donors (Lipinski definition) is 2. The van der Waals surface area contributed by atoms with Crippen LogP contribution in [0, 0.1) is 0 Å². The highest BCUT2D eigenvalue weighted by atomic mass is 19.4. The van der Waals surface area contributed by atoms with Crippen molar-refractivity contribution in [1.82, 2.24) is 24.4 Å². The fourth-order valence-electron chi connectivity index (χ4n) is 4.29. The third kappa shape index (κ3) is 8.84. The second-order valence-electron chi connectivity index (χ2n) is 10.2. The molecule has 10 nitrogen and oxygen atoms in total. The average molecular weight is 637 g/mol. The lowest BCUT2D eigenvalue weighted by Gasteiger charge is -2.26. The number of alkyl halides is 6. The Morgan fingerprint density at radius 3 is 2.40 bits per heavy atom. The third-order valence-electron chi connectivity index (χ3n) is 6.35. The van der Waals surface area contributed by atoms with Gasteiger partial charge in [-0.2, -0.15) is 26.3 Å². The fourth-order valence-corrected chi connectivity index (χ4v) is 4.29. The minimum absolute atomic E-state index is 0.0194. The molecule has 45 heavy (non-hydrogen) atoms. The number of anilines is 4. The summed E-state index contributed by atoms with van der Waals surface area (Å²) >= 11 is 0. The molecule has 0 radical (unpaired) electrons. The van der Waals surface area contributed by atoms with E-state index >= 15 is 0 Å². The molecule has 1 amide bonds. The van der Waals surface area contributed by atoms with Gasteiger partial charge in [0, 0.05) is 32.4 Å². The Morgan fingerprint density at radius 2 is 1.73 bits per heavy atom. The first kappa shape index (κ1) is 33.0. The molecule has 0 saturated heterocycles. The number of aromatic nitrogens is 4. The molecule has 0 unspecified atom stereocenters. The van der Waals surface area contributed by atoms with E-state index in [1.807, 2.05) is 19.0 Å². The first-order chi connectivity index (χ1) is 21.1. The minimum atomic E-state index is -4.67. The molecule has 2 aromatic heterocycles. The topological polar surface area (TPSA) is 100 Å². The summed E-state index contributed by atoms with van der Waals surface area (Å²) in [5.41, 5.74) is 1.08. The summed E-state index contributed by atoms with van der Waals surface area (Å²) in [5.74, 6) is -1.09. The molecule has 0 atom stereocenters. The quantitative estimate of drug-likeness (QED) is 0.147. The van der Waals surface area contributed by atoms with E-state index in [0.29, 0.717) is 24.3 Å². The van der Waals surface area contributed by atoms with Crippen molar-refractivity contribution in [2.45, 2.75) is 18.9 Å². The molecule has 0 aliphatic rings. The Labute approximate surface area is 254 Å². The van der Waals surface area contributed by atoms with Crippen LogP contribution in [0.4, 0.5) is 49.4 Å². The van der Waals surface area contributed by atoms with Gasteiger partial charge in [-0.25, -0.2) is 15.0 Å². The molecule has 2 heterocycles. The van der Waals surface area contributed by atoms with Crippen LogP contribution in [0.2, 0.25) is 0 Å².